The van der Waals surface area contributed by atoms with Crippen molar-refractivity contribution in [3.63, 3.8) is 0 Å². The van der Waals surface area contributed by atoms with Gasteiger partial charge in [-0.25, -0.2) is 0 Å². The van der Waals surface area contributed by atoms with Crippen molar-refractivity contribution in [1.82, 2.24) is 5.32 Å². The van der Waals surface area contributed by atoms with E-state index in [2.05, 4.69) is 11.4 Å². The van der Waals surface area contributed by atoms with Gasteiger partial charge in [-0.3, -0.25) is 0 Å². The zero-order chi connectivity index (χ0) is 7.40. The lowest BCUT2D eigenvalue weighted by atomic mass is 10.00. The summed E-state index contributed by atoms with van der Waals surface area (Å²) in [6.07, 6.45) is 4.50. The summed E-state index contributed by atoms with van der Waals surface area (Å²) >= 11 is 5.60. The predicted molar refractivity (Wildman–Crippen MR) is 40.5 cm³/mol. The molecule has 0 radical (unpaired) electrons. The highest BCUT2D eigenvalue weighted by Gasteiger charge is 2.15. The van der Waals surface area contributed by atoms with Crippen molar-refractivity contribution in [3.05, 3.63) is 12.3 Å². The van der Waals surface area contributed by atoms with Gasteiger partial charge >= 0.3 is 0 Å². The number of hydrogen-bond donors (Lipinski definition) is 1. The molecule has 0 amide bonds. The third kappa shape index (κ3) is 1.65. The van der Waals surface area contributed by atoms with Crippen LogP contribution in [0.15, 0.2) is 12.3 Å². The molecular weight excluding hydrogens is 148 g/mol. The summed E-state index contributed by atoms with van der Waals surface area (Å²) in [5.41, 5.74) is 0. The Hall–Kier alpha value is -0.680. The molecule has 0 saturated carbocycles. The maximum Gasteiger partial charge on any atom is 0.0698 e. The summed E-state index contributed by atoms with van der Waals surface area (Å²) in [4.78, 5) is 0. The van der Waals surface area contributed by atoms with E-state index in [1.54, 1.807) is 0 Å². The van der Waals surface area contributed by atoms with Crippen LogP contribution in [-0.2, 0) is 0 Å². The van der Waals surface area contributed by atoms with Gasteiger partial charge in [0.15, 0.2) is 0 Å². The number of nitriles is 1. The Kier molecular flexibility index (Phi) is 2.58. The molecule has 0 aromatic rings. The van der Waals surface area contributed by atoms with Crippen molar-refractivity contribution in [2.75, 3.05) is 5.88 Å². The first-order valence-electron chi connectivity index (χ1n) is 3.25. The molecule has 1 aliphatic rings. The van der Waals surface area contributed by atoms with Crippen LogP contribution < -0.4 is 5.32 Å². The Balaban J connectivity index is 2.47. The van der Waals surface area contributed by atoms with Crippen LogP contribution in [0, 0.1) is 17.2 Å². The highest BCUT2D eigenvalue weighted by atomic mass is 35.5. The number of alkyl halides is 1. The summed E-state index contributed by atoms with van der Waals surface area (Å²) in [7, 11) is 0. The van der Waals surface area contributed by atoms with Gasteiger partial charge in [-0.05, 0) is 12.6 Å². The van der Waals surface area contributed by atoms with E-state index in [0.29, 0.717) is 5.88 Å². The van der Waals surface area contributed by atoms with E-state index in [-0.39, 0.29) is 12.0 Å². The number of nitrogens with one attached hydrogen (secondary N) is 1. The van der Waals surface area contributed by atoms with Crippen molar-refractivity contribution in [3.8, 4) is 6.07 Å². The Morgan fingerprint density at radius 3 is 3.20 bits per heavy atom. The molecule has 10 heavy (non-hydrogen) atoms. The maximum absolute atomic E-state index is 8.53. The number of allylic oxidation sites excluding steroid dienone is 1. The van der Waals surface area contributed by atoms with Gasteiger partial charge in [0.2, 0.25) is 0 Å². The molecule has 1 rings (SSSR count). The second-order valence-electron chi connectivity index (χ2n) is 2.35. The molecule has 0 fully saturated rings. The fourth-order valence-corrected chi connectivity index (χ4v) is 1.18. The molecule has 0 bridgehead atoms. The minimum absolute atomic E-state index is 0.0463. The Labute approximate surface area is 65.5 Å². The minimum atomic E-state index is 0.0463. The second-order valence-corrected chi connectivity index (χ2v) is 2.66. The lowest BCUT2D eigenvalue weighted by Crippen LogP contribution is -2.31. The quantitative estimate of drug-likeness (QED) is 0.580. The van der Waals surface area contributed by atoms with E-state index >= 15 is 0 Å². The van der Waals surface area contributed by atoms with E-state index in [1.807, 2.05) is 12.3 Å². The van der Waals surface area contributed by atoms with Crippen molar-refractivity contribution >= 4 is 11.6 Å². The monoisotopic (exact) mass is 156 g/mol. The van der Waals surface area contributed by atoms with Gasteiger partial charge in [0, 0.05) is 11.9 Å². The fourth-order valence-electron chi connectivity index (χ4n) is 0.964. The lowest BCUT2D eigenvalue weighted by molar-refractivity contribution is 0.522. The van der Waals surface area contributed by atoms with Crippen molar-refractivity contribution in [2.45, 2.75) is 12.5 Å². The van der Waals surface area contributed by atoms with Gasteiger partial charge < -0.3 is 5.32 Å². The van der Waals surface area contributed by atoms with Gasteiger partial charge in [0.25, 0.3) is 0 Å². The smallest absolute Gasteiger partial charge is 0.0698 e. The average Bonchev–Trinajstić information content (AvgIpc) is 2.05. The van der Waals surface area contributed by atoms with E-state index in [9.17, 15) is 0 Å². The molecular formula is C7H9ClN2. The maximum atomic E-state index is 8.53. The fraction of sp³-hybridized carbons (Fsp3) is 0.571. The topological polar surface area (TPSA) is 35.8 Å². The van der Waals surface area contributed by atoms with Crippen LogP contribution in [0.5, 0.6) is 0 Å². The normalized spacial score (nSPS) is 30.8. The zero-order valence-corrected chi connectivity index (χ0v) is 6.30. The van der Waals surface area contributed by atoms with E-state index in [4.69, 9.17) is 16.9 Å². The van der Waals surface area contributed by atoms with E-state index in [1.165, 1.54) is 0 Å². The van der Waals surface area contributed by atoms with E-state index in [0.717, 1.165) is 6.42 Å². The SMILES string of the molecule is N#CC1C=CNC(CCl)C1. The predicted octanol–water partition coefficient (Wildman–Crippen LogP) is 1.24. The van der Waals surface area contributed by atoms with Crippen LogP contribution in [0.1, 0.15) is 6.42 Å². The Bertz CT molecular complexity index is 171. The number of nitrogens with zero attached hydrogens (tertiary/aromatic N) is 1. The van der Waals surface area contributed by atoms with Crippen LogP contribution in [0.3, 0.4) is 0 Å². The molecule has 0 aliphatic carbocycles. The summed E-state index contributed by atoms with van der Waals surface area (Å²) in [5.74, 6) is 0.618. The molecule has 54 valence electrons. The molecule has 0 aromatic carbocycles. The molecule has 0 spiro atoms. The standard InChI is InChI=1S/C7H9ClN2/c8-4-7-3-6(5-9)1-2-10-7/h1-2,6-7,10H,3-4H2. The molecule has 2 unspecified atom stereocenters. The van der Waals surface area contributed by atoms with Gasteiger partial charge in [-0.2, -0.15) is 5.26 Å². The molecule has 0 aromatic heterocycles. The molecule has 1 N–H and O–H groups in total. The minimum Gasteiger partial charge on any atom is -0.387 e. The second kappa shape index (κ2) is 3.48. The van der Waals surface area contributed by atoms with Crippen LogP contribution in [0.2, 0.25) is 0 Å². The average molecular weight is 157 g/mol. The Morgan fingerprint density at radius 2 is 2.60 bits per heavy atom. The molecule has 1 aliphatic heterocycles. The van der Waals surface area contributed by atoms with Crippen LogP contribution in [-0.4, -0.2) is 11.9 Å². The van der Waals surface area contributed by atoms with E-state index < -0.39 is 0 Å². The summed E-state index contributed by atoms with van der Waals surface area (Å²) in [6, 6.07) is 2.46. The van der Waals surface area contributed by atoms with Crippen LogP contribution in [0.25, 0.3) is 0 Å². The van der Waals surface area contributed by atoms with Gasteiger partial charge in [0.05, 0.1) is 12.0 Å². The highest BCUT2D eigenvalue weighted by Crippen LogP contribution is 2.12. The third-order valence-electron chi connectivity index (χ3n) is 1.55. The summed E-state index contributed by atoms with van der Waals surface area (Å²) < 4.78 is 0. The highest BCUT2D eigenvalue weighted by molar-refractivity contribution is 6.18. The molecule has 3 heteroatoms. The van der Waals surface area contributed by atoms with Gasteiger partial charge in [-0.1, -0.05) is 6.08 Å². The lowest BCUT2D eigenvalue weighted by Gasteiger charge is -2.19. The Morgan fingerprint density at radius 1 is 1.80 bits per heavy atom. The molecule has 2 nitrogen and oxygen atoms in total. The summed E-state index contributed by atoms with van der Waals surface area (Å²) in [6.45, 7) is 0. The molecule has 1 heterocycles. The number of hydrogen-bond acceptors (Lipinski definition) is 2. The first-order chi connectivity index (χ1) is 4.86. The van der Waals surface area contributed by atoms with Crippen molar-refractivity contribution < 1.29 is 0 Å². The first-order valence-corrected chi connectivity index (χ1v) is 3.78. The largest absolute Gasteiger partial charge is 0.387 e. The van der Waals surface area contributed by atoms with Gasteiger partial charge in [-0.15, -0.1) is 11.6 Å². The van der Waals surface area contributed by atoms with Gasteiger partial charge in [0.1, 0.15) is 0 Å². The molecule has 2 atom stereocenters. The summed E-state index contributed by atoms with van der Waals surface area (Å²) in [5, 5.41) is 11.6. The molecule has 0 saturated heterocycles. The number of rotatable bonds is 1. The van der Waals surface area contributed by atoms with Crippen molar-refractivity contribution in [1.29, 1.82) is 5.26 Å². The third-order valence-corrected chi connectivity index (χ3v) is 1.92. The van der Waals surface area contributed by atoms with Crippen LogP contribution >= 0.6 is 11.6 Å². The first kappa shape index (κ1) is 7.43. The zero-order valence-electron chi connectivity index (χ0n) is 5.55. The van der Waals surface area contributed by atoms with Crippen LogP contribution in [0.4, 0.5) is 0 Å². The van der Waals surface area contributed by atoms with Crippen molar-refractivity contribution in [2.24, 2.45) is 5.92 Å². The number of halogens is 1.